The second-order valence-corrected chi connectivity index (χ2v) is 14.9. The molecular weight excluding hydrogens is 518 g/mol. The summed E-state index contributed by atoms with van der Waals surface area (Å²) in [6, 6.07) is 9.26. The van der Waals surface area contributed by atoms with Crippen molar-refractivity contribution >= 4 is 0 Å². The number of hydrogen-bond acceptors (Lipinski definition) is 0. The number of benzene rings is 1. The lowest BCUT2D eigenvalue weighted by molar-refractivity contribution is -0.941. The Bertz CT molecular complexity index is 709. The van der Waals surface area contributed by atoms with Crippen molar-refractivity contribution in [1.29, 1.82) is 0 Å². The molecule has 0 heterocycles. The number of aryl methyl sites for hydroxylation is 1. The van der Waals surface area contributed by atoms with Crippen molar-refractivity contribution in [3.63, 3.8) is 0 Å². The maximum atomic E-state index is 2.43. The van der Waals surface area contributed by atoms with Crippen LogP contribution in [-0.4, -0.2) is 24.1 Å². The highest BCUT2D eigenvalue weighted by atomic mass is 15.3. The van der Waals surface area contributed by atoms with Gasteiger partial charge in [-0.05, 0) is 56.9 Å². The predicted octanol–water partition coefficient (Wildman–Crippen LogP) is 14.2. The zero-order chi connectivity index (χ0) is 31.3. The molecule has 0 aromatic heterocycles. The highest BCUT2D eigenvalue weighted by molar-refractivity contribution is 5.24. The molecule has 0 amide bonds. The first-order chi connectivity index (χ1) is 21.0. The lowest BCUT2D eigenvalue weighted by atomic mass is 10.0. The summed E-state index contributed by atoms with van der Waals surface area (Å²) in [6.07, 6.45) is 37.4. The van der Waals surface area contributed by atoms with E-state index < -0.39 is 0 Å². The highest BCUT2D eigenvalue weighted by Gasteiger charge is 2.27. The van der Waals surface area contributed by atoms with E-state index >= 15 is 0 Å². The van der Waals surface area contributed by atoms with E-state index in [0.29, 0.717) is 0 Å². The molecule has 0 fully saturated rings. The van der Waals surface area contributed by atoms with Crippen LogP contribution in [0.5, 0.6) is 0 Å². The Morgan fingerprint density at radius 2 is 0.814 bits per heavy atom. The van der Waals surface area contributed by atoms with E-state index in [2.05, 4.69) is 58.9 Å². The summed E-state index contributed by atoms with van der Waals surface area (Å²) in [5, 5.41) is 0. The molecule has 1 aromatic rings. The van der Waals surface area contributed by atoms with Crippen LogP contribution in [-0.2, 0) is 6.54 Å². The van der Waals surface area contributed by atoms with Gasteiger partial charge in [0.15, 0.2) is 0 Å². The molecule has 0 N–H and O–H groups in total. The first-order valence-electron chi connectivity index (χ1n) is 19.9. The van der Waals surface area contributed by atoms with Crippen LogP contribution in [0.15, 0.2) is 24.3 Å². The van der Waals surface area contributed by atoms with E-state index in [4.69, 9.17) is 0 Å². The molecule has 0 radical (unpaired) electrons. The first-order valence-corrected chi connectivity index (χ1v) is 19.9. The largest absolute Gasteiger partial charge is 0.320 e. The Labute approximate surface area is 273 Å². The quantitative estimate of drug-likeness (QED) is 0.0571. The zero-order valence-corrected chi connectivity index (χ0v) is 30.5. The van der Waals surface area contributed by atoms with E-state index in [1.54, 1.807) is 5.56 Å². The minimum Gasteiger partial charge on any atom is -0.320 e. The molecule has 0 saturated heterocycles. The molecule has 0 saturated carbocycles. The summed E-state index contributed by atoms with van der Waals surface area (Å²) in [7, 11) is 0. The Hall–Kier alpha value is -0.820. The van der Waals surface area contributed by atoms with Gasteiger partial charge in [-0.15, -0.1) is 0 Å². The van der Waals surface area contributed by atoms with Crippen LogP contribution in [0.4, 0.5) is 0 Å². The molecule has 43 heavy (non-hydrogen) atoms. The van der Waals surface area contributed by atoms with Gasteiger partial charge in [-0.3, -0.25) is 0 Å². The molecule has 0 bridgehead atoms. The molecule has 1 heteroatoms. The summed E-state index contributed by atoms with van der Waals surface area (Å²) in [5.74, 6) is 0.818. The van der Waals surface area contributed by atoms with Crippen LogP contribution in [0.2, 0.25) is 0 Å². The van der Waals surface area contributed by atoms with Crippen molar-refractivity contribution in [2.75, 3.05) is 19.6 Å². The molecule has 252 valence electrons. The van der Waals surface area contributed by atoms with Crippen LogP contribution in [0.3, 0.4) is 0 Å². The fourth-order valence-electron chi connectivity index (χ4n) is 7.13. The Kier molecular flexibility index (Phi) is 26.8. The maximum absolute atomic E-state index is 2.43. The van der Waals surface area contributed by atoms with Crippen molar-refractivity contribution in [2.24, 2.45) is 5.92 Å². The summed E-state index contributed by atoms with van der Waals surface area (Å²) in [4.78, 5) is 0. The van der Waals surface area contributed by atoms with E-state index in [1.807, 2.05) is 0 Å². The van der Waals surface area contributed by atoms with Gasteiger partial charge in [0.05, 0.1) is 19.6 Å². The highest BCUT2D eigenvalue weighted by Crippen LogP contribution is 2.24. The van der Waals surface area contributed by atoms with Crippen LogP contribution in [0.25, 0.3) is 0 Å². The topological polar surface area (TPSA) is 0 Å². The summed E-state index contributed by atoms with van der Waals surface area (Å²) in [6.45, 7) is 17.2. The van der Waals surface area contributed by atoms with E-state index in [1.165, 1.54) is 203 Å². The van der Waals surface area contributed by atoms with Crippen molar-refractivity contribution in [3.8, 4) is 0 Å². The predicted molar refractivity (Wildman–Crippen MR) is 196 cm³/mol. The van der Waals surface area contributed by atoms with Crippen molar-refractivity contribution in [2.45, 2.75) is 208 Å². The molecule has 1 nitrogen and oxygen atoms in total. The molecule has 0 aliphatic rings. The zero-order valence-electron chi connectivity index (χ0n) is 30.5. The second kappa shape index (κ2) is 28.6. The van der Waals surface area contributed by atoms with Crippen LogP contribution < -0.4 is 0 Å². The van der Waals surface area contributed by atoms with E-state index in [0.717, 1.165) is 5.92 Å². The fraction of sp³-hybridized carbons (Fsp3) is 0.857. The minimum atomic E-state index is 0.818. The number of quaternary nitrogens is 1. The third-order valence-electron chi connectivity index (χ3n) is 10.2. The third kappa shape index (κ3) is 23.2. The van der Waals surface area contributed by atoms with Gasteiger partial charge in [0.1, 0.15) is 6.54 Å². The molecule has 1 rings (SSSR count). The first kappa shape index (κ1) is 40.2. The normalized spacial score (nSPS) is 13.2. The minimum absolute atomic E-state index is 0.818. The monoisotopic (exact) mass is 599 g/mol. The molecular formula is C42H80N+. The van der Waals surface area contributed by atoms with Crippen molar-refractivity contribution < 1.29 is 4.48 Å². The summed E-state index contributed by atoms with van der Waals surface area (Å²) < 4.78 is 1.34. The van der Waals surface area contributed by atoms with Gasteiger partial charge in [0, 0.05) is 5.56 Å². The average molecular weight is 599 g/mol. The maximum Gasteiger partial charge on any atom is 0.105 e. The Morgan fingerprint density at radius 3 is 1.19 bits per heavy atom. The van der Waals surface area contributed by atoms with Crippen molar-refractivity contribution in [1.82, 2.24) is 0 Å². The van der Waals surface area contributed by atoms with Gasteiger partial charge in [0.2, 0.25) is 0 Å². The second-order valence-electron chi connectivity index (χ2n) is 14.9. The number of rotatable bonds is 32. The van der Waals surface area contributed by atoms with Crippen LogP contribution >= 0.6 is 0 Å². The molecule has 0 spiro atoms. The Morgan fingerprint density at radius 1 is 0.465 bits per heavy atom. The number of unbranched alkanes of at least 4 members (excludes halogenated alkanes) is 22. The standard InChI is InChI=1S/C42H80N/c1-6-8-10-12-14-16-18-19-20-21-23-25-27-31-37-43(38-32-33-40(3)4,39-42-35-29-28-34-41(42)5)36-30-26-24-22-17-15-13-11-9-7-2/h28-29,34-35,40H,6-27,30-33,36-39H2,1-5H3/q+1. The van der Waals surface area contributed by atoms with Gasteiger partial charge in [-0.2, -0.15) is 0 Å². The molecule has 1 unspecified atom stereocenters. The average Bonchev–Trinajstić information content (AvgIpc) is 2.99. The molecule has 0 aliphatic carbocycles. The lowest BCUT2D eigenvalue weighted by Gasteiger charge is -2.40. The fourth-order valence-corrected chi connectivity index (χ4v) is 7.13. The van der Waals surface area contributed by atoms with E-state index in [-0.39, 0.29) is 0 Å². The van der Waals surface area contributed by atoms with Gasteiger partial charge in [-0.1, -0.05) is 180 Å². The van der Waals surface area contributed by atoms with Gasteiger partial charge >= 0.3 is 0 Å². The molecule has 1 aromatic carbocycles. The van der Waals surface area contributed by atoms with Gasteiger partial charge < -0.3 is 4.48 Å². The molecule has 0 aliphatic heterocycles. The van der Waals surface area contributed by atoms with Gasteiger partial charge in [0.25, 0.3) is 0 Å². The number of hydrogen-bond donors (Lipinski definition) is 0. The number of nitrogens with zero attached hydrogens (tertiary/aromatic N) is 1. The SMILES string of the molecule is CCCCCCCCCCCCCCCC[N+](CCCCCCCCCCCC)(CCCC(C)C)Cc1ccccc1C. The van der Waals surface area contributed by atoms with Crippen LogP contribution in [0.1, 0.15) is 206 Å². The third-order valence-corrected chi connectivity index (χ3v) is 10.2. The summed E-state index contributed by atoms with van der Waals surface area (Å²) >= 11 is 0. The lowest BCUT2D eigenvalue weighted by Crippen LogP contribution is -2.49. The van der Waals surface area contributed by atoms with Crippen molar-refractivity contribution in [3.05, 3.63) is 35.4 Å². The smallest absolute Gasteiger partial charge is 0.105 e. The summed E-state index contributed by atoms with van der Waals surface area (Å²) in [5.41, 5.74) is 3.10. The molecule has 1 atom stereocenters. The van der Waals surface area contributed by atoms with Crippen LogP contribution in [0, 0.1) is 12.8 Å². The Balaban J connectivity index is 2.51. The van der Waals surface area contributed by atoms with E-state index in [9.17, 15) is 0 Å². The van der Waals surface area contributed by atoms with Gasteiger partial charge in [-0.25, -0.2) is 0 Å².